The smallest absolute Gasteiger partial charge is 0.255 e. The standard InChI is InChI=1S/C16H17BrN2O/c1-9-4-5-12(8-14(9)18)16(20)19-15-10(2)6-13(17)7-11(15)3/h4-8H,18H2,1-3H3,(H,19,20). The van der Waals surface area contributed by atoms with Gasteiger partial charge < -0.3 is 11.1 Å². The summed E-state index contributed by atoms with van der Waals surface area (Å²) < 4.78 is 1.00. The van der Waals surface area contributed by atoms with Crippen molar-refractivity contribution in [3.63, 3.8) is 0 Å². The van der Waals surface area contributed by atoms with Gasteiger partial charge >= 0.3 is 0 Å². The normalized spacial score (nSPS) is 10.4. The van der Waals surface area contributed by atoms with E-state index in [1.807, 2.05) is 39.0 Å². The first-order valence-electron chi connectivity index (χ1n) is 6.32. The molecule has 2 rings (SSSR count). The number of nitrogen functional groups attached to an aromatic ring is 1. The number of rotatable bonds is 2. The Bertz CT molecular complexity index is 657. The molecule has 0 bridgehead atoms. The van der Waals surface area contributed by atoms with E-state index in [1.165, 1.54) is 0 Å². The van der Waals surface area contributed by atoms with Crippen LogP contribution in [-0.2, 0) is 0 Å². The summed E-state index contributed by atoms with van der Waals surface area (Å²) in [6.45, 7) is 5.85. The second-order valence-electron chi connectivity index (χ2n) is 4.94. The lowest BCUT2D eigenvalue weighted by atomic mass is 10.1. The molecule has 4 heteroatoms. The summed E-state index contributed by atoms with van der Waals surface area (Å²) in [5, 5.41) is 2.95. The molecule has 104 valence electrons. The summed E-state index contributed by atoms with van der Waals surface area (Å²) in [4.78, 5) is 12.3. The number of halogens is 1. The van der Waals surface area contributed by atoms with E-state index >= 15 is 0 Å². The fraction of sp³-hybridized carbons (Fsp3) is 0.188. The van der Waals surface area contributed by atoms with Crippen LogP contribution in [0, 0.1) is 20.8 Å². The molecule has 0 unspecified atom stereocenters. The zero-order chi connectivity index (χ0) is 14.9. The second kappa shape index (κ2) is 5.67. The van der Waals surface area contributed by atoms with Crippen LogP contribution in [0.5, 0.6) is 0 Å². The van der Waals surface area contributed by atoms with Gasteiger partial charge in [-0.15, -0.1) is 0 Å². The Hall–Kier alpha value is -1.81. The number of hydrogen-bond donors (Lipinski definition) is 2. The van der Waals surface area contributed by atoms with Crippen LogP contribution in [-0.4, -0.2) is 5.91 Å². The SMILES string of the molecule is Cc1ccc(C(=O)Nc2c(C)cc(Br)cc2C)cc1N. The number of hydrogen-bond acceptors (Lipinski definition) is 2. The maximum Gasteiger partial charge on any atom is 0.255 e. The van der Waals surface area contributed by atoms with E-state index < -0.39 is 0 Å². The van der Waals surface area contributed by atoms with Gasteiger partial charge in [0.2, 0.25) is 0 Å². The number of amides is 1. The Labute approximate surface area is 127 Å². The van der Waals surface area contributed by atoms with Gasteiger partial charge in [-0.05, 0) is 61.7 Å². The molecule has 1 amide bonds. The number of carbonyl (C=O) groups is 1. The zero-order valence-electron chi connectivity index (χ0n) is 11.8. The average Bonchev–Trinajstić information content (AvgIpc) is 2.36. The molecule has 0 heterocycles. The lowest BCUT2D eigenvalue weighted by molar-refractivity contribution is 0.102. The van der Waals surface area contributed by atoms with Gasteiger partial charge in [0.05, 0.1) is 0 Å². The van der Waals surface area contributed by atoms with Crippen molar-refractivity contribution in [3.05, 3.63) is 57.1 Å². The van der Waals surface area contributed by atoms with E-state index in [0.717, 1.165) is 26.9 Å². The maximum atomic E-state index is 12.3. The number of aryl methyl sites for hydroxylation is 3. The lowest BCUT2D eigenvalue weighted by Crippen LogP contribution is -2.14. The summed E-state index contributed by atoms with van der Waals surface area (Å²) in [6, 6.07) is 9.29. The molecule has 2 aromatic carbocycles. The molecule has 0 saturated carbocycles. The third-order valence-electron chi connectivity index (χ3n) is 3.28. The predicted octanol–water partition coefficient (Wildman–Crippen LogP) is 4.21. The van der Waals surface area contributed by atoms with E-state index in [4.69, 9.17) is 5.73 Å². The van der Waals surface area contributed by atoms with Crippen LogP contribution in [0.4, 0.5) is 11.4 Å². The fourth-order valence-corrected chi connectivity index (χ4v) is 2.76. The molecule has 0 saturated heterocycles. The Kier molecular flexibility index (Phi) is 4.14. The van der Waals surface area contributed by atoms with E-state index in [9.17, 15) is 4.79 Å². The summed E-state index contributed by atoms with van der Waals surface area (Å²) in [5.41, 5.74) is 10.9. The van der Waals surface area contributed by atoms with Gasteiger partial charge in [-0.3, -0.25) is 4.79 Å². The molecular weight excluding hydrogens is 316 g/mol. The molecule has 0 spiro atoms. The minimum atomic E-state index is -0.148. The van der Waals surface area contributed by atoms with Crippen molar-refractivity contribution in [3.8, 4) is 0 Å². The van der Waals surface area contributed by atoms with E-state index in [0.29, 0.717) is 11.3 Å². The van der Waals surface area contributed by atoms with Crippen LogP contribution in [0.25, 0.3) is 0 Å². The van der Waals surface area contributed by atoms with Gasteiger partial charge in [0.25, 0.3) is 5.91 Å². The molecule has 0 fully saturated rings. The molecule has 0 aliphatic rings. The number of benzene rings is 2. The van der Waals surface area contributed by atoms with Crippen molar-refractivity contribution in [1.82, 2.24) is 0 Å². The quantitative estimate of drug-likeness (QED) is 0.809. The highest BCUT2D eigenvalue weighted by atomic mass is 79.9. The number of anilines is 2. The van der Waals surface area contributed by atoms with Gasteiger partial charge in [-0.1, -0.05) is 22.0 Å². The molecule has 2 aromatic rings. The summed E-state index contributed by atoms with van der Waals surface area (Å²) in [7, 11) is 0. The van der Waals surface area contributed by atoms with Crippen LogP contribution in [0.1, 0.15) is 27.0 Å². The van der Waals surface area contributed by atoms with E-state index in [2.05, 4.69) is 21.2 Å². The molecule has 0 radical (unpaired) electrons. The maximum absolute atomic E-state index is 12.3. The Morgan fingerprint density at radius 1 is 1.05 bits per heavy atom. The third-order valence-corrected chi connectivity index (χ3v) is 3.74. The lowest BCUT2D eigenvalue weighted by Gasteiger charge is -2.13. The molecule has 0 aromatic heterocycles. The second-order valence-corrected chi connectivity index (χ2v) is 5.86. The van der Waals surface area contributed by atoms with Crippen LogP contribution in [0.2, 0.25) is 0 Å². The Balaban J connectivity index is 2.30. The van der Waals surface area contributed by atoms with E-state index in [1.54, 1.807) is 12.1 Å². The van der Waals surface area contributed by atoms with Crippen LogP contribution in [0.3, 0.4) is 0 Å². The largest absolute Gasteiger partial charge is 0.398 e. The highest BCUT2D eigenvalue weighted by Crippen LogP contribution is 2.26. The predicted molar refractivity (Wildman–Crippen MR) is 87.2 cm³/mol. The molecule has 0 aliphatic heterocycles. The molecule has 0 aliphatic carbocycles. The monoisotopic (exact) mass is 332 g/mol. The minimum absolute atomic E-state index is 0.148. The minimum Gasteiger partial charge on any atom is -0.398 e. The van der Waals surface area contributed by atoms with Gasteiger partial charge in [-0.25, -0.2) is 0 Å². The van der Waals surface area contributed by atoms with Crippen LogP contribution < -0.4 is 11.1 Å². The molecule has 0 atom stereocenters. The Morgan fingerprint density at radius 2 is 1.65 bits per heavy atom. The van der Waals surface area contributed by atoms with Gasteiger partial charge in [0, 0.05) is 21.4 Å². The molecule has 3 N–H and O–H groups in total. The van der Waals surface area contributed by atoms with Gasteiger partial charge in [0.15, 0.2) is 0 Å². The molecule has 20 heavy (non-hydrogen) atoms. The molecular formula is C16H17BrN2O. The van der Waals surface area contributed by atoms with Crippen molar-refractivity contribution in [2.75, 3.05) is 11.1 Å². The van der Waals surface area contributed by atoms with Crippen LogP contribution in [0.15, 0.2) is 34.8 Å². The van der Waals surface area contributed by atoms with Crippen molar-refractivity contribution in [1.29, 1.82) is 0 Å². The Morgan fingerprint density at radius 3 is 2.20 bits per heavy atom. The van der Waals surface area contributed by atoms with Gasteiger partial charge in [0.1, 0.15) is 0 Å². The summed E-state index contributed by atoms with van der Waals surface area (Å²) >= 11 is 3.45. The first kappa shape index (κ1) is 14.6. The van der Waals surface area contributed by atoms with Crippen molar-refractivity contribution in [2.45, 2.75) is 20.8 Å². The third kappa shape index (κ3) is 3.02. The van der Waals surface area contributed by atoms with Crippen molar-refractivity contribution >= 4 is 33.2 Å². The molecule has 3 nitrogen and oxygen atoms in total. The zero-order valence-corrected chi connectivity index (χ0v) is 13.3. The average molecular weight is 333 g/mol. The summed E-state index contributed by atoms with van der Waals surface area (Å²) in [5.74, 6) is -0.148. The number of carbonyl (C=O) groups excluding carboxylic acids is 1. The fourth-order valence-electron chi connectivity index (χ4n) is 2.08. The highest BCUT2D eigenvalue weighted by Gasteiger charge is 2.11. The van der Waals surface area contributed by atoms with Crippen LogP contribution >= 0.6 is 15.9 Å². The topological polar surface area (TPSA) is 55.1 Å². The number of nitrogens with two attached hydrogens (primary N) is 1. The highest BCUT2D eigenvalue weighted by molar-refractivity contribution is 9.10. The van der Waals surface area contributed by atoms with Gasteiger partial charge in [-0.2, -0.15) is 0 Å². The van der Waals surface area contributed by atoms with Crippen molar-refractivity contribution in [2.24, 2.45) is 0 Å². The first-order chi connectivity index (χ1) is 9.38. The summed E-state index contributed by atoms with van der Waals surface area (Å²) in [6.07, 6.45) is 0. The first-order valence-corrected chi connectivity index (χ1v) is 7.12. The number of nitrogens with one attached hydrogen (secondary N) is 1. The van der Waals surface area contributed by atoms with Crippen molar-refractivity contribution < 1.29 is 4.79 Å². The van der Waals surface area contributed by atoms with E-state index in [-0.39, 0.29) is 5.91 Å².